The van der Waals surface area contributed by atoms with E-state index >= 15 is 0 Å². The Morgan fingerprint density at radius 3 is 2.38 bits per heavy atom. The van der Waals surface area contributed by atoms with Gasteiger partial charge in [-0.05, 0) is 38.7 Å². The van der Waals surface area contributed by atoms with E-state index in [-0.39, 0.29) is 0 Å². The number of likely N-dealkylation sites (N-methyl/N-ethyl adjacent to an activating group) is 1. The quantitative estimate of drug-likeness (QED) is 0.635. The molecular weight excluding hydrogens is 267 g/mol. The molecule has 0 aromatic heterocycles. The molecular formula is C15H27BN2O3. The normalized spacial score (nSPS) is 11.2. The van der Waals surface area contributed by atoms with E-state index in [0.29, 0.717) is 11.2 Å². The van der Waals surface area contributed by atoms with Crippen LogP contribution in [-0.4, -0.2) is 67.8 Å². The van der Waals surface area contributed by atoms with Crippen molar-refractivity contribution in [1.29, 1.82) is 0 Å². The van der Waals surface area contributed by atoms with Gasteiger partial charge in [-0.1, -0.05) is 19.1 Å². The topological polar surface area (TPSA) is 56.2 Å². The molecule has 0 saturated carbocycles. The fourth-order valence-electron chi connectivity index (χ4n) is 2.27. The van der Waals surface area contributed by atoms with Crippen molar-refractivity contribution in [2.24, 2.45) is 0 Å². The van der Waals surface area contributed by atoms with Crippen LogP contribution in [0.2, 0.25) is 0 Å². The molecule has 0 spiro atoms. The van der Waals surface area contributed by atoms with Crippen LogP contribution < -0.4 is 10.2 Å². The van der Waals surface area contributed by atoms with E-state index in [4.69, 9.17) is 4.74 Å². The molecule has 0 aliphatic carbocycles. The van der Waals surface area contributed by atoms with Crippen molar-refractivity contribution < 1.29 is 14.8 Å². The van der Waals surface area contributed by atoms with E-state index in [0.717, 1.165) is 38.2 Å². The highest BCUT2D eigenvalue weighted by atomic mass is 16.5. The molecule has 0 fully saturated rings. The fourth-order valence-corrected chi connectivity index (χ4v) is 2.27. The molecule has 5 nitrogen and oxygen atoms in total. The molecule has 21 heavy (non-hydrogen) atoms. The highest BCUT2D eigenvalue weighted by Crippen LogP contribution is 2.12. The summed E-state index contributed by atoms with van der Waals surface area (Å²) < 4.78 is 5.15. The van der Waals surface area contributed by atoms with Crippen LogP contribution in [0.15, 0.2) is 18.2 Å². The zero-order valence-electron chi connectivity index (χ0n) is 13.5. The third-order valence-corrected chi connectivity index (χ3v) is 3.38. The van der Waals surface area contributed by atoms with Crippen LogP contribution in [0.3, 0.4) is 0 Å². The van der Waals surface area contributed by atoms with Crippen LogP contribution in [0.4, 0.5) is 0 Å². The third-order valence-electron chi connectivity index (χ3n) is 3.38. The number of benzene rings is 1. The summed E-state index contributed by atoms with van der Waals surface area (Å²) in [6.07, 6.45) is 1.10. The Morgan fingerprint density at radius 1 is 1.14 bits per heavy atom. The van der Waals surface area contributed by atoms with Gasteiger partial charge in [-0.25, -0.2) is 0 Å². The summed E-state index contributed by atoms with van der Waals surface area (Å²) in [6, 6.07) is 5.57. The van der Waals surface area contributed by atoms with Crippen molar-refractivity contribution >= 4 is 12.6 Å². The van der Waals surface area contributed by atoms with Crippen molar-refractivity contribution in [2.75, 3.05) is 40.8 Å². The number of methoxy groups -OCH3 is 1. The van der Waals surface area contributed by atoms with Crippen molar-refractivity contribution in [3.8, 4) is 5.75 Å². The standard InChI is InChI=1S/C15H27BN2O3/c1-5-8-18(10-9-17(2)3)12-13-6-7-15(21-4)14(11-13)16(19)20/h6-7,11,19-20H,5,8-10,12H2,1-4H3. The molecule has 0 heterocycles. The first kappa shape index (κ1) is 18.0. The average molecular weight is 294 g/mol. The van der Waals surface area contributed by atoms with Crippen molar-refractivity contribution in [3.63, 3.8) is 0 Å². The number of ether oxygens (including phenoxy) is 1. The average Bonchev–Trinajstić information content (AvgIpc) is 2.44. The molecule has 2 N–H and O–H groups in total. The van der Waals surface area contributed by atoms with Gasteiger partial charge in [0.05, 0.1) is 7.11 Å². The monoisotopic (exact) mass is 294 g/mol. The van der Waals surface area contributed by atoms with Crippen molar-refractivity contribution in [1.82, 2.24) is 9.80 Å². The van der Waals surface area contributed by atoms with Crippen molar-refractivity contribution in [3.05, 3.63) is 23.8 Å². The first-order chi connectivity index (χ1) is 9.97. The summed E-state index contributed by atoms with van der Waals surface area (Å²) in [6.45, 7) is 5.98. The Balaban J connectivity index is 2.80. The van der Waals surface area contributed by atoms with E-state index in [9.17, 15) is 10.0 Å². The zero-order valence-corrected chi connectivity index (χ0v) is 13.5. The number of nitrogens with zero attached hydrogens (tertiary/aromatic N) is 2. The van der Waals surface area contributed by atoms with Gasteiger partial charge in [0.15, 0.2) is 0 Å². The second kappa shape index (κ2) is 9.05. The molecule has 0 saturated heterocycles. The van der Waals surface area contributed by atoms with Gasteiger partial charge in [-0.3, -0.25) is 4.90 Å². The predicted octanol–water partition coefficient (Wildman–Crippen LogP) is 0.149. The molecule has 1 aromatic rings. The smallest absolute Gasteiger partial charge is 0.492 e. The largest absolute Gasteiger partial charge is 0.497 e. The second-order valence-electron chi connectivity index (χ2n) is 5.53. The van der Waals surface area contributed by atoms with Crippen LogP contribution in [0.25, 0.3) is 0 Å². The maximum absolute atomic E-state index is 9.43. The second-order valence-corrected chi connectivity index (χ2v) is 5.53. The Bertz CT molecular complexity index is 427. The summed E-state index contributed by atoms with van der Waals surface area (Å²) >= 11 is 0. The van der Waals surface area contributed by atoms with E-state index < -0.39 is 7.12 Å². The minimum absolute atomic E-state index is 0.416. The van der Waals surface area contributed by atoms with Gasteiger partial charge in [0.25, 0.3) is 0 Å². The van der Waals surface area contributed by atoms with Gasteiger partial charge in [0, 0.05) is 25.1 Å². The highest BCUT2D eigenvalue weighted by Gasteiger charge is 2.18. The molecule has 118 valence electrons. The summed E-state index contributed by atoms with van der Waals surface area (Å²) in [5, 5.41) is 18.9. The lowest BCUT2D eigenvalue weighted by Gasteiger charge is -2.24. The first-order valence-electron chi connectivity index (χ1n) is 7.38. The molecule has 1 rings (SSSR count). The minimum Gasteiger partial charge on any atom is -0.497 e. The SMILES string of the molecule is CCCN(CCN(C)C)Cc1ccc(OC)c(B(O)O)c1. The van der Waals surface area contributed by atoms with Crippen LogP contribution >= 0.6 is 0 Å². The fraction of sp³-hybridized carbons (Fsp3) is 0.600. The Hall–Kier alpha value is -1.08. The third kappa shape index (κ3) is 6.05. The number of hydrogen-bond donors (Lipinski definition) is 2. The number of rotatable bonds is 9. The van der Waals surface area contributed by atoms with Gasteiger partial charge in [-0.2, -0.15) is 0 Å². The molecule has 0 amide bonds. The van der Waals surface area contributed by atoms with Gasteiger partial charge < -0.3 is 19.7 Å². The zero-order chi connectivity index (χ0) is 15.8. The van der Waals surface area contributed by atoms with Crippen molar-refractivity contribution in [2.45, 2.75) is 19.9 Å². The molecule has 1 aromatic carbocycles. The van der Waals surface area contributed by atoms with Gasteiger partial charge >= 0.3 is 7.12 Å². The van der Waals surface area contributed by atoms with Crippen LogP contribution in [0, 0.1) is 0 Å². The lowest BCUT2D eigenvalue weighted by Crippen LogP contribution is -2.34. The molecule has 6 heteroatoms. The van der Waals surface area contributed by atoms with Crippen LogP contribution in [-0.2, 0) is 6.54 Å². The maximum Gasteiger partial charge on any atom is 0.492 e. The van der Waals surface area contributed by atoms with Gasteiger partial charge in [-0.15, -0.1) is 0 Å². The van der Waals surface area contributed by atoms with Crippen LogP contribution in [0.1, 0.15) is 18.9 Å². The molecule has 0 unspecified atom stereocenters. The maximum atomic E-state index is 9.43. The van der Waals surface area contributed by atoms with Crippen LogP contribution in [0.5, 0.6) is 5.75 Å². The Labute approximate surface area is 128 Å². The predicted molar refractivity (Wildman–Crippen MR) is 86.9 cm³/mol. The lowest BCUT2D eigenvalue weighted by atomic mass is 9.78. The van der Waals surface area contributed by atoms with Gasteiger partial charge in [0.2, 0.25) is 0 Å². The molecule has 0 aliphatic heterocycles. The number of hydrogen-bond acceptors (Lipinski definition) is 5. The van der Waals surface area contributed by atoms with E-state index in [1.54, 1.807) is 6.07 Å². The first-order valence-corrected chi connectivity index (χ1v) is 7.38. The summed E-state index contributed by atoms with van der Waals surface area (Å²) in [5.74, 6) is 0.504. The molecule has 0 atom stereocenters. The van der Waals surface area contributed by atoms with Gasteiger partial charge in [0.1, 0.15) is 5.75 Å². The summed E-state index contributed by atoms with van der Waals surface area (Å²) in [7, 11) is 4.15. The van der Waals surface area contributed by atoms with E-state index in [1.165, 1.54) is 7.11 Å². The lowest BCUT2D eigenvalue weighted by molar-refractivity contribution is 0.234. The Morgan fingerprint density at radius 2 is 1.86 bits per heavy atom. The molecule has 0 radical (unpaired) electrons. The highest BCUT2D eigenvalue weighted by molar-refractivity contribution is 6.59. The van der Waals surface area contributed by atoms with E-state index in [2.05, 4.69) is 30.8 Å². The minimum atomic E-state index is -1.51. The Kier molecular flexibility index (Phi) is 7.74. The summed E-state index contributed by atoms with van der Waals surface area (Å²) in [5.41, 5.74) is 1.48. The van der Waals surface area contributed by atoms with E-state index in [1.807, 2.05) is 12.1 Å². The molecule has 0 aliphatic rings. The molecule has 0 bridgehead atoms. The summed E-state index contributed by atoms with van der Waals surface area (Å²) in [4.78, 5) is 4.54.